The van der Waals surface area contributed by atoms with E-state index in [1.807, 2.05) is 11.8 Å². The second kappa shape index (κ2) is 7.43. The molecule has 2 rings (SSSR count). The number of rotatable bonds is 6. The Morgan fingerprint density at radius 1 is 1.50 bits per heavy atom. The van der Waals surface area contributed by atoms with Gasteiger partial charge in [0.2, 0.25) is 5.89 Å². The third-order valence-corrected chi connectivity index (χ3v) is 4.80. The lowest BCUT2D eigenvalue weighted by atomic mass is 9.94. The third-order valence-electron chi connectivity index (χ3n) is 3.78. The predicted octanol–water partition coefficient (Wildman–Crippen LogP) is 1.95. The molecule has 0 spiro atoms. The quantitative estimate of drug-likeness (QED) is 0.866. The highest BCUT2D eigenvalue weighted by Gasteiger charge is 2.26. The molecule has 0 saturated carbocycles. The maximum atomic E-state index is 5.84. The Bertz CT molecular complexity index is 410. The Morgan fingerprint density at radius 3 is 2.95 bits per heavy atom. The van der Waals surface area contributed by atoms with Crippen LogP contribution in [0.4, 0.5) is 0 Å². The molecule has 1 aliphatic rings. The molecule has 0 radical (unpaired) electrons. The van der Waals surface area contributed by atoms with Crippen molar-refractivity contribution >= 4 is 11.8 Å². The number of thioether (sulfide) groups is 1. The van der Waals surface area contributed by atoms with E-state index in [2.05, 4.69) is 35.9 Å². The smallest absolute Gasteiger partial charge is 0.227 e. The zero-order valence-electron chi connectivity index (χ0n) is 12.7. The van der Waals surface area contributed by atoms with E-state index in [-0.39, 0.29) is 6.04 Å². The molecule has 0 amide bonds. The Morgan fingerprint density at radius 2 is 2.30 bits per heavy atom. The summed E-state index contributed by atoms with van der Waals surface area (Å²) >= 11 is 1.95. The first-order chi connectivity index (χ1) is 9.60. The predicted molar refractivity (Wildman–Crippen MR) is 82.7 cm³/mol. The van der Waals surface area contributed by atoms with Crippen molar-refractivity contribution in [3.63, 3.8) is 0 Å². The van der Waals surface area contributed by atoms with Gasteiger partial charge in [-0.2, -0.15) is 16.7 Å². The SMILES string of the molecule is CC(C)CC(CN)Cc1nc(C2CSCCN2C)no1. The van der Waals surface area contributed by atoms with E-state index in [1.54, 1.807) is 0 Å². The zero-order valence-corrected chi connectivity index (χ0v) is 13.5. The van der Waals surface area contributed by atoms with E-state index in [0.29, 0.717) is 18.4 Å². The van der Waals surface area contributed by atoms with Crippen LogP contribution in [0.25, 0.3) is 0 Å². The molecule has 6 heteroatoms. The summed E-state index contributed by atoms with van der Waals surface area (Å²) in [6, 6.07) is 0.285. The van der Waals surface area contributed by atoms with Crippen molar-refractivity contribution in [1.82, 2.24) is 15.0 Å². The molecule has 1 aromatic rings. The van der Waals surface area contributed by atoms with Gasteiger partial charge in [-0.15, -0.1) is 0 Å². The molecule has 5 nitrogen and oxygen atoms in total. The zero-order chi connectivity index (χ0) is 14.5. The first-order valence-electron chi connectivity index (χ1n) is 7.40. The molecule has 1 aromatic heterocycles. The average Bonchev–Trinajstić information content (AvgIpc) is 2.86. The molecule has 0 aliphatic carbocycles. The van der Waals surface area contributed by atoms with Gasteiger partial charge in [0, 0.05) is 24.5 Å². The molecule has 1 saturated heterocycles. The Kier molecular flexibility index (Phi) is 5.86. The summed E-state index contributed by atoms with van der Waals surface area (Å²) in [5, 5.41) is 4.17. The van der Waals surface area contributed by atoms with Gasteiger partial charge >= 0.3 is 0 Å². The van der Waals surface area contributed by atoms with Gasteiger partial charge < -0.3 is 10.3 Å². The minimum Gasteiger partial charge on any atom is -0.339 e. The normalized spacial score (nSPS) is 22.4. The van der Waals surface area contributed by atoms with Crippen LogP contribution in [0.15, 0.2) is 4.52 Å². The molecule has 114 valence electrons. The highest BCUT2D eigenvalue weighted by atomic mass is 32.2. The topological polar surface area (TPSA) is 68.2 Å². The third kappa shape index (κ3) is 4.20. The van der Waals surface area contributed by atoms with Crippen molar-refractivity contribution in [2.45, 2.75) is 32.7 Å². The Labute approximate surface area is 125 Å². The van der Waals surface area contributed by atoms with E-state index >= 15 is 0 Å². The summed E-state index contributed by atoms with van der Waals surface area (Å²) in [5.74, 6) is 4.87. The standard InChI is InChI=1S/C14H26N4OS/c1-10(2)6-11(8-15)7-13-16-14(17-19-13)12-9-20-5-4-18(12)3/h10-12H,4-9,15H2,1-3H3. The van der Waals surface area contributed by atoms with Crippen LogP contribution in [0.3, 0.4) is 0 Å². The van der Waals surface area contributed by atoms with Crippen LogP contribution in [-0.4, -0.2) is 46.7 Å². The summed E-state index contributed by atoms with van der Waals surface area (Å²) < 4.78 is 5.43. The van der Waals surface area contributed by atoms with Crippen molar-refractivity contribution in [3.8, 4) is 0 Å². The van der Waals surface area contributed by atoms with Crippen LogP contribution in [0.5, 0.6) is 0 Å². The second-order valence-electron chi connectivity index (χ2n) is 6.05. The van der Waals surface area contributed by atoms with E-state index in [4.69, 9.17) is 10.3 Å². The lowest BCUT2D eigenvalue weighted by Gasteiger charge is -2.29. The van der Waals surface area contributed by atoms with Crippen molar-refractivity contribution < 1.29 is 4.52 Å². The van der Waals surface area contributed by atoms with E-state index in [0.717, 1.165) is 36.9 Å². The number of nitrogens with zero attached hydrogens (tertiary/aromatic N) is 3. The monoisotopic (exact) mass is 298 g/mol. The van der Waals surface area contributed by atoms with Gasteiger partial charge in [0.25, 0.3) is 0 Å². The van der Waals surface area contributed by atoms with E-state index in [9.17, 15) is 0 Å². The Balaban J connectivity index is 1.97. The first kappa shape index (κ1) is 15.8. The molecule has 2 unspecified atom stereocenters. The van der Waals surface area contributed by atoms with E-state index in [1.165, 1.54) is 5.75 Å². The van der Waals surface area contributed by atoms with Crippen LogP contribution in [0.1, 0.15) is 38.0 Å². The van der Waals surface area contributed by atoms with Crippen LogP contribution in [0, 0.1) is 11.8 Å². The minimum absolute atomic E-state index is 0.285. The number of hydrogen-bond donors (Lipinski definition) is 1. The van der Waals surface area contributed by atoms with Crippen LogP contribution in [-0.2, 0) is 6.42 Å². The summed E-state index contributed by atoms with van der Waals surface area (Å²) in [5.41, 5.74) is 5.84. The lowest BCUT2D eigenvalue weighted by molar-refractivity contribution is 0.255. The second-order valence-corrected chi connectivity index (χ2v) is 7.20. The Hall–Kier alpha value is -0.590. The van der Waals surface area contributed by atoms with Crippen molar-refractivity contribution in [1.29, 1.82) is 0 Å². The van der Waals surface area contributed by atoms with Crippen molar-refractivity contribution in [3.05, 3.63) is 11.7 Å². The van der Waals surface area contributed by atoms with Crippen molar-refractivity contribution in [2.24, 2.45) is 17.6 Å². The maximum absolute atomic E-state index is 5.84. The fraction of sp³-hybridized carbons (Fsp3) is 0.857. The first-order valence-corrected chi connectivity index (χ1v) is 8.56. The van der Waals surface area contributed by atoms with Crippen molar-refractivity contribution in [2.75, 3.05) is 31.6 Å². The molecule has 2 atom stereocenters. The highest BCUT2D eigenvalue weighted by molar-refractivity contribution is 7.99. The fourth-order valence-electron chi connectivity index (χ4n) is 2.62. The minimum atomic E-state index is 0.285. The summed E-state index contributed by atoms with van der Waals surface area (Å²) in [7, 11) is 2.13. The molecular formula is C14H26N4OS. The van der Waals surface area contributed by atoms with Gasteiger partial charge in [-0.3, -0.25) is 4.90 Å². The molecule has 0 bridgehead atoms. The number of nitrogens with two attached hydrogens (primary N) is 1. The fourth-order valence-corrected chi connectivity index (χ4v) is 3.83. The van der Waals surface area contributed by atoms with Gasteiger partial charge in [-0.25, -0.2) is 0 Å². The number of aromatic nitrogens is 2. The molecule has 20 heavy (non-hydrogen) atoms. The van der Waals surface area contributed by atoms with Gasteiger partial charge in [0.1, 0.15) is 0 Å². The summed E-state index contributed by atoms with van der Waals surface area (Å²) in [6.07, 6.45) is 1.90. The van der Waals surface area contributed by atoms with Crippen LogP contribution >= 0.6 is 11.8 Å². The molecule has 1 fully saturated rings. The maximum Gasteiger partial charge on any atom is 0.227 e. The lowest BCUT2D eigenvalue weighted by Crippen LogP contribution is -2.33. The highest BCUT2D eigenvalue weighted by Crippen LogP contribution is 2.26. The average molecular weight is 298 g/mol. The van der Waals surface area contributed by atoms with E-state index < -0.39 is 0 Å². The van der Waals surface area contributed by atoms with Gasteiger partial charge in [-0.05, 0) is 31.8 Å². The van der Waals surface area contributed by atoms with Crippen LogP contribution in [0.2, 0.25) is 0 Å². The van der Waals surface area contributed by atoms with Gasteiger partial charge in [0.15, 0.2) is 5.82 Å². The molecule has 1 aliphatic heterocycles. The van der Waals surface area contributed by atoms with Gasteiger partial charge in [0.05, 0.1) is 6.04 Å². The summed E-state index contributed by atoms with van der Waals surface area (Å²) in [6.45, 7) is 6.19. The summed E-state index contributed by atoms with van der Waals surface area (Å²) in [4.78, 5) is 6.90. The number of hydrogen-bond acceptors (Lipinski definition) is 6. The molecular weight excluding hydrogens is 272 g/mol. The van der Waals surface area contributed by atoms with Crippen LogP contribution < -0.4 is 5.73 Å². The largest absolute Gasteiger partial charge is 0.339 e. The molecule has 2 heterocycles. The molecule has 0 aromatic carbocycles. The molecule has 2 N–H and O–H groups in total. The van der Waals surface area contributed by atoms with Gasteiger partial charge in [-0.1, -0.05) is 19.0 Å².